The van der Waals surface area contributed by atoms with Crippen LogP contribution in [0, 0.1) is 0 Å². The van der Waals surface area contributed by atoms with Gasteiger partial charge in [-0.25, -0.2) is 4.98 Å². The lowest BCUT2D eigenvalue weighted by Crippen LogP contribution is -2.28. The van der Waals surface area contributed by atoms with Crippen LogP contribution >= 0.6 is 0 Å². The van der Waals surface area contributed by atoms with Gasteiger partial charge in [-0.05, 0) is 19.3 Å². The molecule has 0 aliphatic carbocycles. The average Bonchev–Trinajstić information content (AvgIpc) is 2.38. The fourth-order valence-electron chi connectivity index (χ4n) is 1.72. The van der Waals surface area contributed by atoms with Crippen LogP contribution in [0.3, 0.4) is 0 Å². The quantitative estimate of drug-likeness (QED) is 0.847. The van der Waals surface area contributed by atoms with Gasteiger partial charge in [0.1, 0.15) is 0 Å². The Morgan fingerprint density at radius 1 is 1.47 bits per heavy atom. The van der Waals surface area contributed by atoms with Crippen LogP contribution in [0.1, 0.15) is 26.2 Å². The van der Waals surface area contributed by atoms with Gasteiger partial charge in [0.15, 0.2) is 0 Å². The predicted octanol–water partition coefficient (Wildman–Crippen LogP) is 1.86. The summed E-state index contributed by atoms with van der Waals surface area (Å²) in [7, 11) is 0. The van der Waals surface area contributed by atoms with E-state index in [0.29, 0.717) is 24.5 Å². The van der Waals surface area contributed by atoms with E-state index in [2.05, 4.69) is 22.2 Å². The summed E-state index contributed by atoms with van der Waals surface area (Å²) in [6, 6.07) is 2.19. The van der Waals surface area contributed by atoms with E-state index in [1.807, 2.05) is 0 Å². The van der Waals surface area contributed by atoms with Gasteiger partial charge in [-0.1, -0.05) is 6.92 Å². The predicted molar refractivity (Wildman–Crippen MR) is 65.3 cm³/mol. The van der Waals surface area contributed by atoms with Crippen LogP contribution in [0.2, 0.25) is 0 Å². The first-order valence-electron chi connectivity index (χ1n) is 6.18. The molecule has 1 saturated heterocycles. The lowest BCUT2D eigenvalue weighted by Gasteiger charge is -2.23. The van der Waals surface area contributed by atoms with Gasteiger partial charge in [0.2, 0.25) is 11.8 Å². The Balaban J connectivity index is 1.90. The molecule has 2 heterocycles. The van der Waals surface area contributed by atoms with E-state index in [1.165, 1.54) is 0 Å². The van der Waals surface area contributed by atoms with Gasteiger partial charge >= 0.3 is 0 Å². The third-order valence-corrected chi connectivity index (χ3v) is 2.64. The summed E-state index contributed by atoms with van der Waals surface area (Å²) < 4.78 is 10.8. The molecule has 1 fully saturated rings. The van der Waals surface area contributed by atoms with E-state index in [1.54, 1.807) is 12.3 Å². The van der Waals surface area contributed by atoms with Crippen molar-refractivity contribution in [3.8, 4) is 5.88 Å². The minimum atomic E-state index is 0.408. The van der Waals surface area contributed by atoms with Crippen molar-refractivity contribution in [3.05, 3.63) is 12.3 Å². The van der Waals surface area contributed by atoms with Crippen molar-refractivity contribution in [2.45, 2.75) is 32.2 Å². The molecule has 0 aromatic carbocycles. The molecule has 1 N–H and O–H groups in total. The third-order valence-electron chi connectivity index (χ3n) is 2.64. The Bertz CT molecular complexity index is 340. The van der Waals surface area contributed by atoms with Crippen LogP contribution in [-0.4, -0.2) is 35.8 Å². The minimum absolute atomic E-state index is 0.408. The van der Waals surface area contributed by atoms with Crippen LogP contribution < -0.4 is 10.1 Å². The molecular weight excluding hydrogens is 218 g/mol. The fraction of sp³-hybridized carbons (Fsp3) is 0.667. The highest BCUT2D eigenvalue weighted by molar-refractivity contribution is 5.28. The monoisotopic (exact) mass is 237 g/mol. The van der Waals surface area contributed by atoms with E-state index in [0.717, 1.165) is 32.5 Å². The Hall–Kier alpha value is -1.36. The lowest BCUT2D eigenvalue weighted by atomic mass is 10.1. The van der Waals surface area contributed by atoms with Gasteiger partial charge in [0.25, 0.3) is 0 Å². The van der Waals surface area contributed by atoms with Crippen LogP contribution in [0.5, 0.6) is 5.88 Å². The van der Waals surface area contributed by atoms with Crippen molar-refractivity contribution in [2.75, 3.05) is 25.1 Å². The summed E-state index contributed by atoms with van der Waals surface area (Å²) in [5, 5.41) is 3.32. The van der Waals surface area contributed by atoms with Gasteiger partial charge in [0, 0.05) is 31.5 Å². The number of nitrogens with zero attached hydrogens (tertiary/aromatic N) is 2. The maximum atomic E-state index is 5.47. The van der Waals surface area contributed by atoms with Crippen molar-refractivity contribution >= 4 is 5.95 Å². The van der Waals surface area contributed by atoms with Gasteiger partial charge < -0.3 is 14.8 Å². The number of anilines is 1. The third kappa shape index (κ3) is 3.85. The van der Waals surface area contributed by atoms with E-state index >= 15 is 0 Å². The molecule has 1 aromatic heterocycles. The second-order valence-corrected chi connectivity index (χ2v) is 4.10. The van der Waals surface area contributed by atoms with Gasteiger partial charge in [-0.3, -0.25) is 0 Å². The van der Waals surface area contributed by atoms with Crippen molar-refractivity contribution in [1.29, 1.82) is 0 Å². The molecule has 0 amide bonds. The Kier molecular flexibility index (Phi) is 4.55. The molecule has 0 bridgehead atoms. The average molecular weight is 237 g/mol. The smallest absolute Gasteiger partial charge is 0.226 e. The number of hydrogen-bond acceptors (Lipinski definition) is 5. The Morgan fingerprint density at radius 3 is 3.06 bits per heavy atom. The second kappa shape index (κ2) is 6.39. The van der Waals surface area contributed by atoms with Gasteiger partial charge in [-0.15, -0.1) is 0 Å². The molecule has 0 spiro atoms. The molecule has 2 rings (SSSR count). The first kappa shape index (κ1) is 12.1. The molecule has 1 aliphatic heterocycles. The van der Waals surface area contributed by atoms with Crippen molar-refractivity contribution in [1.82, 2.24) is 9.97 Å². The van der Waals surface area contributed by atoms with Crippen molar-refractivity contribution < 1.29 is 9.47 Å². The first-order chi connectivity index (χ1) is 8.38. The lowest BCUT2D eigenvalue weighted by molar-refractivity contribution is 0.0903. The molecule has 5 nitrogen and oxygen atoms in total. The standard InChI is InChI=1S/C12H19N3O2/c1-2-7-17-11-3-6-13-12(15-11)14-10-4-8-16-9-5-10/h3,6,10H,2,4-5,7-9H2,1H3,(H,13,14,15). The second-order valence-electron chi connectivity index (χ2n) is 4.10. The highest BCUT2D eigenvalue weighted by atomic mass is 16.5. The SMILES string of the molecule is CCCOc1ccnc(NC2CCOCC2)n1. The van der Waals surface area contributed by atoms with Crippen molar-refractivity contribution in [2.24, 2.45) is 0 Å². The molecule has 5 heteroatoms. The number of nitrogens with one attached hydrogen (secondary N) is 1. The number of rotatable bonds is 5. The normalized spacial score (nSPS) is 16.8. The van der Waals surface area contributed by atoms with Gasteiger partial charge in [-0.2, -0.15) is 4.98 Å². The summed E-state index contributed by atoms with van der Waals surface area (Å²) in [6.45, 7) is 4.38. The van der Waals surface area contributed by atoms with E-state index in [4.69, 9.17) is 9.47 Å². The topological polar surface area (TPSA) is 56.3 Å². The van der Waals surface area contributed by atoms with Crippen LogP contribution in [-0.2, 0) is 4.74 Å². The zero-order chi connectivity index (χ0) is 11.9. The molecule has 0 radical (unpaired) electrons. The maximum absolute atomic E-state index is 5.47. The summed E-state index contributed by atoms with van der Waals surface area (Å²) in [6.07, 6.45) is 4.71. The summed E-state index contributed by atoms with van der Waals surface area (Å²) in [4.78, 5) is 8.52. The van der Waals surface area contributed by atoms with Crippen LogP contribution in [0.25, 0.3) is 0 Å². The molecule has 0 unspecified atom stereocenters. The zero-order valence-electron chi connectivity index (χ0n) is 10.2. The molecule has 0 atom stereocenters. The Morgan fingerprint density at radius 2 is 2.29 bits per heavy atom. The molecule has 1 aliphatic rings. The van der Waals surface area contributed by atoms with Crippen molar-refractivity contribution in [3.63, 3.8) is 0 Å². The fourth-order valence-corrected chi connectivity index (χ4v) is 1.72. The van der Waals surface area contributed by atoms with E-state index in [9.17, 15) is 0 Å². The van der Waals surface area contributed by atoms with Crippen LogP contribution in [0.4, 0.5) is 5.95 Å². The summed E-state index contributed by atoms with van der Waals surface area (Å²) in [5.41, 5.74) is 0. The molecule has 1 aromatic rings. The minimum Gasteiger partial charge on any atom is -0.478 e. The summed E-state index contributed by atoms with van der Waals surface area (Å²) in [5.74, 6) is 1.28. The highest BCUT2D eigenvalue weighted by Gasteiger charge is 2.14. The molecular formula is C12H19N3O2. The molecule has 0 saturated carbocycles. The molecule has 94 valence electrons. The number of ether oxygens (including phenoxy) is 2. The van der Waals surface area contributed by atoms with E-state index in [-0.39, 0.29) is 0 Å². The summed E-state index contributed by atoms with van der Waals surface area (Å²) >= 11 is 0. The molecule has 17 heavy (non-hydrogen) atoms. The highest BCUT2D eigenvalue weighted by Crippen LogP contribution is 2.14. The number of hydrogen-bond donors (Lipinski definition) is 1. The maximum Gasteiger partial charge on any atom is 0.226 e. The van der Waals surface area contributed by atoms with E-state index < -0.39 is 0 Å². The zero-order valence-corrected chi connectivity index (χ0v) is 10.2. The Labute approximate surface area is 102 Å². The van der Waals surface area contributed by atoms with Crippen LogP contribution in [0.15, 0.2) is 12.3 Å². The number of aromatic nitrogens is 2. The first-order valence-corrected chi connectivity index (χ1v) is 6.18. The largest absolute Gasteiger partial charge is 0.478 e. The van der Waals surface area contributed by atoms with Gasteiger partial charge in [0.05, 0.1) is 6.61 Å².